The third-order valence-corrected chi connectivity index (χ3v) is 7.44. The number of aliphatic carboxylic acids is 1. The van der Waals surface area contributed by atoms with Crippen molar-refractivity contribution in [3.8, 4) is 0 Å². The monoisotopic (exact) mass is 568 g/mol. The number of hydrogen-bond donors (Lipinski definition) is 4. The molecule has 5 atom stereocenters. The van der Waals surface area contributed by atoms with Crippen LogP contribution in [0, 0.1) is 5.41 Å². The van der Waals surface area contributed by atoms with E-state index in [9.17, 15) is 38.5 Å². The minimum Gasteiger partial charge on any atom is -0.480 e. The molecular formula is C27H38F2N4O7. The summed E-state index contributed by atoms with van der Waals surface area (Å²) in [6, 6.07) is -0.302. The topological polar surface area (TPSA) is 163 Å². The highest BCUT2D eigenvalue weighted by atomic mass is 19.3. The Kier molecular flexibility index (Phi) is 11.1. The van der Waals surface area contributed by atoms with Crippen molar-refractivity contribution < 1.29 is 38.4 Å². The van der Waals surface area contributed by atoms with Gasteiger partial charge in [0.15, 0.2) is 12.1 Å². The van der Waals surface area contributed by atoms with Crippen molar-refractivity contribution in [1.29, 1.82) is 0 Å². The lowest BCUT2D eigenvalue weighted by Crippen LogP contribution is -2.48. The van der Waals surface area contributed by atoms with Crippen LogP contribution in [-0.2, 0) is 14.3 Å². The second-order valence-corrected chi connectivity index (χ2v) is 10.3. The fraction of sp³-hybridized carbons (Fsp3) is 0.667. The number of amides is 1. The van der Waals surface area contributed by atoms with Crippen molar-refractivity contribution in [2.75, 3.05) is 11.9 Å². The second kappa shape index (κ2) is 14.0. The van der Waals surface area contributed by atoms with E-state index >= 15 is 0 Å². The van der Waals surface area contributed by atoms with Crippen LogP contribution < -0.4 is 11.0 Å². The zero-order valence-corrected chi connectivity index (χ0v) is 22.5. The average molecular weight is 569 g/mol. The number of carboxylic acids is 1. The van der Waals surface area contributed by atoms with Gasteiger partial charge in [0, 0.05) is 12.4 Å². The molecule has 1 fully saturated rings. The number of aliphatic hydroxyl groups excluding tert-OH is 2. The fourth-order valence-corrected chi connectivity index (χ4v) is 5.13. The van der Waals surface area contributed by atoms with Crippen molar-refractivity contribution in [2.24, 2.45) is 10.4 Å². The molecule has 40 heavy (non-hydrogen) atoms. The Morgan fingerprint density at radius 2 is 1.77 bits per heavy atom. The lowest BCUT2D eigenvalue weighted by molar-refractivity contribution is -0.144. The van der Waals surface area contributed by atoms with Gasteiger partial charge in [0.2, 0.25) is 12.1 Å². The quantitative estimate of drug-likeness (QED) is 0.235. The van der Waals surface area contributed by atoms with Gasteiger partial charge >= 0.3 is 17.6 Å². The highest BCUT2D eigenvalue weighted by molar-refractivity contribution is 6.01. The van der Waals surface area contributed by atoms with Crippen LogP contribution in [0.2, 0.25) is 0 Å². The molecule has 0 bridgehead atoms. The number of carboxylic acid groups (broad SMARTS) is 1. The first-order chi connectivity index (χ1) is 19.1. The Labute approximate surface area is 231 Å². The van der Waals surface area contributed by atoms with Gasteiger partial charge in [0.05, 0.1) is 6.61 Å². The van der Waals surface area contributed by atoms with E-state index in [2.05, 4.69) is 22.2 Å². The smallest absolute Gasteiger partial charge is 0.351 e. The number of anilines is 1. The summed E-state index contributed by atoms with van der Waals surface area (Å²) in [5.41, 5.74) is -2.74. The molecule has 2 aliphatic heterocycles. The molecule has 0 aromatic carbocycles. The summed E-state index contributed by atoms with van der Waals surface area (Å²) < 4.78 is 34.4. The molecule has 4 N–H and O–H groups in total. The van der Waals surface area contributed by atoms with Crippen LogP contribution in [0.5, 0.6) is 0 Å². The molecular weight excluding hydrogens is 530 g/mol. The number of ether oxygens (including phenoxy) is 1. The molecule has 11 nitrogen and oxygen atoms in total. The van der Waals surface area contributed by atoms with Gasteiger partial charge in [-0.2, -0.15) is 13.8 Å². The summed E-state index contributed by atoms with van der Waals surface area (Å²) >= 11 is 0. The van der Waals surface area contributed by atoms with E-state index in [4.69, 9.17) is 4.74 Å². The first kappa shape index (κ1) is 31.5. The number of allylic oxidation sites excluding steroid dienone is 1. The molecule has 1 aromatic heterocycles. The molecule has 0 radical (unpaired) electrons. The number of carbonyl (C=O) groups is 2. The number of halogens is 2. The van der Waals surface area contributed by atoms with E-state index in [1.165, 1.54) is 44.0 Å². The van der Waals surface area contributed by atoms with E-state index in [1.54, 1.807) is 0 Å². The second-order valence-electron chi connectivity index (χ2n) is 10.3. The molecule has 222 valence electrons. The zero-order chi connectivity index (χ0) is 29.3. The number of alkyl halides is 2. The van der Waals surface area contributed by atoms with Crippen LogP contribution >= 0.6 is 0 Å². The van der Waals surface area contributed by atoms with Crippen molar-refractivity contribution in [3.05, 3.63) is 34.9 Å². The van der Waals surface area contributed by atoms with Gasteiger partial charge in [-0.25, -0.2) is 9.59 Å². The van der Waals surface area contributed by atoms with Gasteiger partial charge in [-0.1, -0.05) is 70.8 Å². The van der Waals surface area contributed by atoms with Crippen LogP contribution in [0.4, 0.5) is 14.6 Å². The van der Waals surface area contributed by atoms with Gasteiger partial charge in [0.1, 0.15) is 17.3 Å². The number of aliphatic imine (C=N–C) groups is 1. The number of dihydropyridines is 1. The summed E-state index contributed by atoms with van der Waals surface area (Å²) in [6.07, 6.45) is 8.58. The number of unbranched alkanes of at least 4 members (excludes halogenated alkanes) is 8. The van der Waals surface area contributed by atoms with Crippen LogP contribution in [0.3, 0.4) is 0 Å². The number of aliphatic hydroxyl groups is 2. The molecule has 1 amide bonds. The summed E-state index contributed by atoms with van der Waals surface area (Å²) in [6.45, 7) is 1.28. The van der Waals surface area contributed by atoms with Crippen LogP contribution in [0.25, 0.3) is 0 Å². The molecule has 2 aliphatic rings. The molecule has 0 aliphatic carbocycles. The van der Waals surface area contributed by atoms with Crippen LogP contribution in [0.1, 0.15) is 77.4 Å². The third-order valence-electron chi connectivity index (χ3n) is 7.44. The van der Waals surface area contributed by atoms with E-state index in [0.717, 1.165) is 37.9 Å². The Hall–Kier alpha value is -3.03. The predicted molar refractivity (Wildman–Crippen MR) is 142 cm³/mol. The summed E-state index contributed by atoms with van der Waals surface area (Å²) in [7, 11) is 0. The molecule has 1 saturated heterocycles. The Morgan fingerprint density at radius 1 is 1.12 bits per heavy atom. The number of carbonyl (C=O) groups excluding carboxylic acids is 1. The minimum absolute atomic E-state index is 0.194. The standard InChI is InChI=1S/C27H38F2N4O7/c1-2-3-4-5-6-7-8-9-10-13-26(14-11-15-30-20(26)22(36)37)23(38)31-19-12-16-33(25(39)32-19)24-27(28,29)21(35)18(17-34)40-24/h11-12,14-16,18,20-21,24,34-35H,2-10,13,17H2,1H3,(H,36,37)(H,31,32,38,39)/t18-,20?,21-,24-,26?/m1/s1. The largest absolute Gasteiger partial charge is 0.480 e. The minimum atomic E-state index is -3.89. The van der Waals surface area contributed by atoms with E-state index in [1.807, 2.05) is 0 Å². The number of nitrogens with zero attached hydrogens (tertiary/aromatic N) is 3. The lowest BCUT2D eigenvalue weighted by Gasteiger charge is -2.34. The van der Waals surface area contributed by atoms with Gasteiger partial charge in [0.25, 0.3) is 0 Å². The molecule has 2 unspecified atom stereocenters. The summed E-state index contributed by atoms with van der Waals surface area (Å²) in [4.78, 5) is 45.8. The maximum atomic E-state index is 14.5. The first-order valence-corrected chi connectivity index (χ1v) is 13.7. The Balaban J connectivity index is 1.71. The number of rotatable bonds is 15. The number of aromatic nitrogens is 2. The van der Waals surface area contributed by atoms with Crippen LogP contribution in [-0.4, -0.2) is 73.7 Å². The summed E-state index contributed by atoms with van der Waals surface area (Å²) in [5.74, 6) is -6.18. The van der Waals surface area contributed by atoms with Crippen LogP contribution in [0.15, 0.2) is 34.2 Å². The van der Waals surface area contributed by atoms with E-state index in [-0.39, 0.29) is 12.2 Å². The molecule has 13 heteroatoms. The number of hydrogen-bond acceptors (Lipinski definition) is 8. The van der Waals surface area contributed by atoms with Crippen molar-refractivity contribution in [3.63, 3.8) is 0 Å². The molecule has 3 heterocycles. The number of nitrogens with one attached hydrogen (secondary N) is 1. The van der Waals surface area contributed by atoms with Crippen molar-refractivity contribution in [1.82, 2.24) is 9.55 Å². The SMILES string of the molecule is CCCCCCCCCCCC1(C(=O)Nc2ccn([C@@H]3O[C@H](CO)[C@@H](O)C3(F)F)c(=O)n2)C=CC=NC1C(=O)O. The third kappa shape index (κ3) is 6.99. The molecule has 0 spiro atoms. The van der Waals surface area contributed by atoms with Gasteiger partial charge in [-0.3, -0.25) is 14.4 Å². The van der Waals surface area contributed by atoms with E-state index in [0.29, 0.717) is 11.0 Å². The van der Waals surface area contributed by atoms with Gasteiger partial charge in [-0.15, -0.1) is 0 Å². The fourth-order valence-electron chi connectivity index (χ4n) is 5.13. The predicted octanol–water partition coefficient (Wildman–Crippen LogP) is 3.07. The Morgan fingerprint density at radius 3 is 2.35 bits per heavy atom. The van der Waals surface area contributed by atoms with Gasteiger partial charge in [-0.05, 0) is 18.6 Å². The zero-order valence-electron chi connectivity index (χ0n) is 22.5. The molecule has 0 saturated carbocycles. The van der Waals surface area contributed by atoms with Crippen molar-refractivity contribution in [2.45, 2.75) is 102 Å². The highest BCUT2D eigenvalue weighted by Gasteiger charge is 2.59. The normalized spacial score (nSPS) is 27.1. The maximum Gasteiger partial charge on any atom is 0.351 e. The lowest BCUT2D eigenvalue weighted by atomic mass is 9.73. The maximum absolute atomic E-state index is 14.5. The first-order valence-electron chi connectivity index (χ1n) is 13.7. The summed E-state index contributed by atoms with van der Waals surface area (Å²) in [5, 5.41) is 31.2. The highest BCUT2D eigenvalue weighted by Crippen LogP contribution is 2.42. The average Bonchev–Trinajstić information content (AvgIpc) is 3.15. The molecule has 3 rings (SSSR count). The Bertz CT molecular complexity index is 1140. The van der Waals surface area contributed by atoms with Crippen molar-refractivity contribution >= 4 is 23.9 Å². The molecule has 1 aromatic rings. The van der Waals surface area contributed by atoms with E-state index < -0.39 is 60.0 Å². The van der Waals surface area contributed by atoms with Gasteiger partial charge < -0.3 is 25.4 Å².